The van der Waals surface area contributed by atoms with Gasteiger partial charge in [0.1, 0.15) is 5.82 Å². The van der Waals surface area contributed by atoms with E-state index in [2.05, 4.69) is 36.6 Å². The Kier molecular flexibility index (Phi) is 4.08. The molecule has 6 nitrogen and oxygen atoms in total. The van der Waals surface area contributed by atoms with E-state index in [-0.39, 0.29) is 5.91 Å². The number of anilines is 2. The van der Waals surface area contributed by atoms with Gasteiger partial charge in [-0.1, -0.05) is 0 Å². The molecule has 0 unspecified atom stereocenters. The summed E-state index contributed by atoms with van der Waals surface area (Å²) in [6.45, 7) is 1.82. The number of aromatic nitrogens is 2. The smallest absolute Gasteiger partial charge is 0.260 e. The molecular formula is C12H12BrN5O. The van der Waals surface area contributed by atoms with Crippen LogP contribution in [0.1, 0.15) is 16.1 Å². The van der Waals surface area contributed by atoms with Crippen LogP contribution in [0.4, 0.5) is 11.5 Å². The van der Waals surface area contributed by atoms with Gasteiger partial charge in [-0.2, -0.15) is 0 Å². The molecule has 0 saturated carbocycles. The monoisotopic (exact) mass is 321 g/mol. The Morgan fingerprint density at radius 2 is 2.11 bits per heavy atom. The summed E-state index contributed by atoms with van der Waals surface area (Å²) in [5.74, 6) is 5.52. The van der Waals surface area contributed by atoms with Crippen molar-refractivity contribution in [2.24, 2.45) is 5.84 Å². The van der Waals surface area contributed by atoms with Crippen LogP contribution in [-0.4, -0.2) is 15.9 Å². The zero-order valence-electron chi connectivity index (χ0n) is 10.1. The van der Waals surface area contributed by atoms with E-state index < -0.39 is 0 Å². The van der Waals surface area contributed by atoms with E-state index in [1.54, 1.807) is 24.4 Å². The standard InChI is InChI=1S/C12H12BrN5O/c1-7-4-10(18-14)9(6-15-7)12(19)17-11-3-2-8(13)5-16-11/h2-6H,14H2,1H3,(H,15,18)(H,16,17,19). The number of hydrogen-bond acceptors (Lipinski definition) is 5. The highest BCUT2D eigenvalue weighted by atomic mass is 79.9. The summed E-state index contributed by atoms with van der Waals surface area (Å²) in [5, 5.41) is 2.67. The number of amides is 1. The molecule has 4 N–H and O–H groups in total. The highest BCUT2D eigenvalue weighted by molar-refractivity contribution is 9.10. The second kappa shape index (κ2) is 5.77. The third-order valence-electron chi connectivity index (χ3n) is 2.41. The minimum atomic E-state index is -0.324. The molecule has 0 saturated heterocycles. The first-order valence-electron chi connectivity index (χ1n) is 5.46. The summed E-state index contributed by atoms with van der Waals surface area (Å²) in [6, 6.07) is 5.18. The Morgan fingerprint density at radius 1 is 1.32 bits per heavy atom. The van der Waals surface area contributed by atoms with Gasteiger partial charge in [0, 0.05) is 22.6 Å². The number of nitrogens with zero attached hydrogens (tertiary/aromatic N) is 2. The number of rotatable bonds is 3. The lowest BCUT2D eigenvalue weighted by atomic mass is 10.2. The molecule has 2 aromatic rings. The van der Waals surface area contributed by atoms with Crippen molar-refractivity contribution in [3.05, 3.63) is 46.3 Å². The molecule has 0 aliphatic heterocycles. The summed E-state index contributed by atoms with van der Waals surface area (Å²) < 4.78 is 0.840. The number of hydrogen-bond donors (Lipinski definition) is 3. The number of nitrogens with one attached hydrogen (secondary N) is 2. The molecule has 2 aromatic heterocycles. The van der Waals surface area contributed by atoms with Crippen molar-refractivity contribution in [3.8, 4) is 0 Å². The largest absolute Gasteiger partial charge is 0.323 e. The molecule has 0 aliphatic rings. The van der Waals surface area contributed by atoms with Crippen molar-refractivity contribution in [1.29, 1.82) is 0 Å². The molecule has 19 heavy (non-hydrogen) atoms. The van der Waals surface area contributed by atoms with Crippen molar-refractivity contribution in [2.75, 3.05) is 10.7 Å². The number of carbonyl (C=O) groups is 1. The number of carbonyl (C=O) groups excluding carboxylic acids is 1. The van der Waals surface area contributed by atoms with Gasteiger partial charge in [0.2, 0.25) is 0 Å². The van der Waals surface area contributed by atoms with Crippen LogP contribution in [0, 0.1) is 6.92 Å². The topological polar surface area (TPSA) is 92.9 Å². The Bertz CT molecular complexity index is 600. The van der Waals surface area contributed by atoms with E-state index in [1.807, 2.05) is 6.92 Å². The van der Waals surface area contributed by atoms with Crippen molar-refractivity contribution >= 4 is 33.3 Å². The van der Waals surface area contributed by atoms with Crippen molar-refractivity contribution in [2.45, 2.75) is 6.92 Å². The lowest BCUT2D eigenvalue weighted by Crippen LogP contribution is -2.18. The van der Waals surface area contributed by atoms with E-state index in [9.17, 15) is 4.79 Å². The number of hydrazine groups is 1. The van der Waals surface area contributed by atoms with Gasteiger partial charge in [0.15, 0.2) is 0 Å². The van der Waals surface area contributed by atoms with Gasteiger partial charge in [-0.3, -0.25) is 15.6 Å². The Morgan fingerprint density at radius 3 is 2.74 bits per heavy atom. The zero-order chi connectivity index (χ0) is 13.8. The van der Waals surface area contributed by atoms with Crippen LogP contribution in [-0.2, 0) is 0 Å². The second-order valence-electron chi connectivity index (χ2n) is 3.83. The van der Waals surface area contributed by atoms with Crippen LogP contribution in [0.3, 0.4) is 0 Å². The summed E-state index contributed by atoms with van der Waals surface area (Å²) in [4.78, 5) is 20.2. The first-order valence-corrected chi connectivity index (χ1v) is 6.25. The van der Waals surface area contributed by atoms with Crippen LogP contribution < -0.4 is 16.6 Å². The first-order chi connectivity index (χ1) is 9.10. The molecule has 0 radical (unpaired) electrons. The fourth-order valence-electron chi connectivity index (χ4n) is 1.49. The van der Waals surface area contributed by atoms with Crippen LogP contribution in [0.5, 0.6) is 0 Å². The quantitative estimate of drug-likeness (QED) is 0.594. The van der Waals surface area contributed by atoms with Crippen molar-refractivity contribution < 1.29 is 4.79 Å². The predicted molar refractivity (Wildman–Crippen MR) is 76.7 cm³/mol. The third-order valence-corrected chi connectivity index (χ3v) is 2.88. The Balaban J connectivity index is 2.22. The Hall–Kier alpha value is -1.99. The van der Waals surface area contributed by atoms with Crippen LogP contribution in [0.15, 0.2) is 35.1 Å². The molecule has 0 spiro atoms. The summed E-state index contributed by atoms with van der Waals surface area (Å²) in [6.07, 6.45) is 3.07. The molecule has 0 atom stereocenters. The number of aryl methyl sites for hydroxylation is 1. The van der Waals surface area contributed by atoms with Gasteiger partial charge in [-0.05, 0) is 41.1 Å². The first kappa shape index (κ1) is 13.4. The molecule has 7 heteroatoms. The number of pyridine rings is 2. The van der Waals surface area contributed by atoms with E-state index >= 15 is 0 Å². The fraction of sp³-hybridized carbons (Fsp3) is 0.0833. The van der Waals surface area contributed by atoms with Gasteiger partial charge >= 0.3 is 0 Å². The molecule has 0 fully saturated rings. The molecule has 1 amide bonds. The van der Waals surface area contributed by atoms with Crippen LogP contribution in [0.2, 0.25) is 0 Å². The molecule has 2 heterocycles. The van der Waals surface area contributed by atoms with Crippen LogP contribution >= 0.6 is 15.9 Å². The number of halogens is 1. The van der Waals surface area contributed by atoms with Crippen molar-refractivity contribution in [3.63, 3.8) is 0 Å². The normalized spacial score (nSPS) is 10.1. The summed E-state index contributed by atoms with van der Waals surface area (Å²) in [7, 11) is 0. The van der Waals surface area contributed by atoms with E-state index in [1.165, 1.54) is 6.20 Å². The highest BCUT2D eigenvalue weighted by Gasteiger charge is 2.12. The molecule has 2 rings (SSSR count). The minimum Gasteiger partial charge on any atom is -0.323 e. The summed E-state index contributed by atoms with van der Waals surface area (Å²) >= 11 is 3.28. The SMILES string of the molecule is Cc1cc(NN)c(C(=O)Nc2ccc(Br)cn2)cn1. The average molecular weight is 322 g/mol. The maximum Gasteiger partial charge on any atom is 0.260 e. The van der Waals surface area contributed by atoms with E-state index in [0.29, 0.717) is 17.1 Å². The Labute approximate surface area is 118 Å². The predicted octanol–water partition coefficient (Wildman–Crippen LogP) is 2.09. The summed E-state index contributed by atoms with van der Waals surface area (Å²) in [5.41, 5.74) is 4.13. The molecule has 0 bridgehead atoms. The maximum absolute atomic E-state index is 12.1. The highest BCUT2D eigenvalue weighted by Crippen LogP contribution is 2.17. The molecule has 0 aromatic carbocycles. The third kappa shape index (κ3) is 3.27. The minimum absolute atomic E-state index is 0.324. The lowest BCUT2D eigenvalue weighted by Gasteiger charge is -2.09. The van der Waals surface area contributed by atoms with Gasteiger partial charge in [-0.25, -0.2) is 4.98 Å². The zero-order valence-corrected chi connectivity index (χ0v) is 11.7. The fourth-order valence-corrected chi connectivity index (χ4v) is 1.73. The number of nitrogens with two attached hydrogens (primary N) is 1. The molecule has 98 valence electrons. The van der Waals surface area contributed by atoms with Gasteiger partial charge < -0.3 is 10.7 Å². The maximum atomic E-state index is 12.1. The number of nitrogen functional groups attached to an aromatic ring is 1. The van der Waals surface area contributed by atoms with Gasteiger partial charge in [-0.15, -0.1) is 0 Å². The van der Waals surface area contributed by atoms with Crippen molar-refractivity contribution in [1.82, 2.24) is 9.97 Å². The second-order valence-corrected chi connectivity index (χ2v) is 4.75. The molecule has 0 aliphatic carbocycles. The van der Waals surface area contributed by atoms with E-state index in [0.717, 1.165) is 10.2 Å². The van der Waals surface area contributed by atoms with Crippen LogP contribution in [0.25, 0.3) is 0 Å². The molecular weight excluding hydrogens is 310 g/mol. The van der Waals surface area contributed by atoms with Gasteiger partial charge in [0.25, 0.3) is 5.91 Å². The van der Waals surface area contributed by atoms with E-state index in [4.69, 9.17) is 5.84 Å². The van der Waals surface area contributed by atoms with Gasteiger partial charge in [0.05, 0.1) is 11.3 Å². The average Bonchev–Trinajstić information content (AvgIpc) is 2.41. The lowest BCUT2D eigenvalue weighted by molar-refractivity contribution is 0.102.